The van der Waals surface area contributed by atoms with Crippen molar-refractivity contribution in [3.63, 3.8) is 0 Å². The lowest BCUT2D eigenvalue weighted by Crippen LogP contribution is -2.13. The molecule has 0 unspecified atom stereocenters. The van der Waals surface area contributed by atoms with Gasteiger partial charge in [-0.05, 0) is 23.8 Å². The fourth-order valence-electron chi connectivity index (χ4n) is 1.73. The molecule has 0 saturated heterocycles. The molecule has 106 valence electrons. The van der Waals surface area contributed by atoms with E-state index >= 15 is 0 Å². The molecule has 0 radical (unpaired) electrons. The Morgan fingerprint density at radius 1 is 1.05 bits per heavy atom. The van der Waals surface area contributed by atoms with Gasteiger partial charge in [-0.3, -0.25) is 4.79 Å². The fourth-order valence-corrected chi connectivity index (χ4v) is 1.73. The number of para-hydroxylation sites is 1. The van der Waals surface area contributed by atoms with Crippen LogP contribution in [0.3, 0.4) is 0 Å². The molecule has 4 nitrogen and oxygen atoms in total. The molecule has 5 heteroatoms. The monoisotopic (exact) mass is 285 g/mol. The molecule has 2 rings (SSSR count). The number of nitrogens with one attached hydrogen (secondary N) is 1. The zero-order chi connectivity index (χ0) is 15.2. The van der Waals surface area contributed by atoms with Crippen molar-refractivity contribution in [2.24, 2.45) is 0 Å². The van der Waals surface area contributed by atoms with Gasteiger partial charge in [0.05, 0.1) is 11.3 Å². The van der Waals surface area contributed by atoms with E-state index in [-0.39, 0.29) is 11.3 Å². The van der Waals surface area contributed by atoms with Crippen molar-refractivity contribution >= 4 is 23.6 Å². The minimum absolute atomic E-state index is 0.295. The van der Waals surface area contributed by atoms with E-state index in [1.165, 1.54) is 18.2 Å². The molecule has 0 aliphatic rings. The van der Waals surface area contributed by atoms with Crippen molar-refractivity contribution < 1.29 is 19.1 Å². The first kappa shape index (κ1) is 14.5. The van der Waals surface area contributed by atoms with Gasteiger partial charge in [-0.2, -0.15) is 0 Å². The Kier molecular flexibility index (Phi) is 4.46. The number of halogens is 1. The summed E-state index contributed by atoms with van der Waals surface area (Å²) in [6.45, 7) is 0. The predicted octanol–water partition coefficient (Wildman–Crippen LogP) is 3.18. The number of rotatable bonds is 4. The summed E-state index contributed by atoms with van der Waals surface area (Å²) in [5, 5.41) is 11.2. The molecular formula is C16H12FNO3. The Balaban J connectivity index is 2.17. The summed E-state index contributed by atoms with van der Waals surface area (Å²) in [5.74, 6) is -2.71. The average Bonchev–Trinajstić information content (AvgIpc) is 2.48. The number of hydrogen-bond donors (Lipinski definition) is 2. The van der Waals surface area contributed by atoms with Crippen LogP contribution in [0.25, 0.3) is 6.08 Å². The van der Waals surface area contributed by atoms with Gasteiger partial charge in [0.25, 0.3) is 0 Å². The second-order valence-electron chi connectivity index (χ2n) is 4.20. The van der Waals surface area contributed by atoms with E-state index in [2.05, 4.69) is 5.32 Å². The minimum atomic E-state index is -1.31. The van der Waals surface area contributed by atoms with E-state index < -0.39 is 17.7 Å². The van der Waals surface area contributed by atoms with Gasteiger partial charge in [-0.25, -0.2) is 9.18 Å². The van der Waals surface area contributed by atoms with Gasteiger partial charge in [0.2, 0.25) is 5.91 Å². The number of carbonyl (C=O) groups is 2. The third-order valence-electron chi connectivity index (χ3n) is 2.72. The van der Waals surface area contributed by atoms with E-state index in [4.69, 9.17) is 5.11 Å². The van der Waals surface area contributed by atoms with Crippen LogP contribution >= 0.6 is 0 Å². The van der Waals surface area contributed by atoms with E-state index in [0.29, 0.717) is 0 Å². The lowest BCUT2D eigenvalue weighted by Gasteiger charge is -2.07. The third-order valence-corrected chi connectivity index (χ3v) is 2.72. The van der Waals surface area contributed by atoms with Crippen LogP contribution in [0.2, 0.25) is 0 Å². The van der Waals surface area contributed by atoms with Crippen LogP contribution in [0.1, 0.15) is 15.9 Å². The Morgan fingerprint density at radius 2 is 1.76 bits per heavy atom. The summed E-state index contributed by atoms with van der Waals surface area (Å²) in [4.78, 5) is 22.8. The molecule has 0 bridgehead atoms. The number of carboxylic acid groups (broad SMARTS) is 1. The van der Waals surface area contributed by atoms with Crippen LogP contribution in [0.15, 0.2) is 54.6 Å². The van der Waals surface area contributed by atoms with E-state index in [1.807, 2.05) is 18.2 Å². The number of carbonyl (C=O) groups excluding carboxylic acids is 1. The van der Waals surface area contributed by atoms with Gasteiger partial charge in [0.15, 0.2) is 0 Å². The molecular weight excluding hydrogens is 273 g/mol. The van der Waals surface area contributed by atoms with Crippen molar-refractivity contribution in [1.29, 1.82) is 0 Å². The highest BCUT2D eigenvalue weighted by Crippen LogP contribution is 2.20. The van der Waals surface area contributed by atoms with Gasteiger partial charge in [0, 0.05) is 6.08 Å². The van der Waals surface area contributed by atoms with E-state index in [0.717, 1.165) is 11.6 Å². The maximum atomic E-state index is 13.6. The number of amides is 1. The summed E-state index contributed by atoms with van der Waals surface area (Å²) in [7, 11) is 0. The normalized spacial score (nSPS) is 10.5. The molecule has 0 aliphatic carbocycles. The third kappa shape index (κ3) is 3.76. The molecule has 0 saturated carbocycles. The highest BCUT2D eigenvalue weighted by atomic mass is 19.1. The smallest absolute Gasteiger partial charge is 0.337 e. The van der Waals surface area contributed by atoms with Crippen molar-refractivity contribution in [2.45, 2.75) is 0 Å². The molecule has 2 aromatic rings. The Bertz CT molecular complexity index is 696. The summed E-state index contributed by atoms with van der Waals surface area (Å²) in [5.41, 5.74) is 0.170. The quantitative estimate of drug-likeness (QED) is 0.848. The molecule has 0 spiro atoms. The molecule has 2 aromatic carbocycles. The fraction of sp³-hybridized carbons (Fsp3) is 0. The summed E-state index contributed by atoms with van der Waals surface area (Å²) in [6.07, 6.45) is 2.77. The molecule has 0 fully saturated rings. The van der Waals surface area contributed by atoms with Gasteiger partial charge < -0.3 is 10.4 Å². The molecule has 0 heterocycles. The molecule has 0 aliphatic heterocycles. The summed E-state index contributed by atoms with van der Waals surface area (Å²) in [6, 6.07) is 12.7. The van der Waals surface area contributed by atoms with E-state index in [9.17, 15) is 14.0 Å². The first-order valence-electron chi connectivity index (χ1n) is 6.14. The SMILES string of the molecule is O=C(/C=C/c1ccccc1)Nc1c(F)cccc1C(=O)O. The Hall–Kier alpha value is -2.95. The van der Waals surface area contributed by atoms with E-state index in [1.54, 1.807) is 18.2 Å². The number of aromatic carboxylic acids is 1. The molecule has 2 N–H and O–H groups in total. The maximum Gasteiger partial charge on any atom is 0.337 e. The average molecular weight is 285 g/mol. The van der Waals surface area contributed by atoms with Gasteiger partial charge in [0.1, 0.15) is 5.82 Å². The highest BCUT2D eigenvalue weighted by molar-refractivity contribution is 6.06. The van der Waals surface area contributed by atoms with Crippen molar-refractivity contribution in [2.75, 3.05) is 5.32 Å². The number of hydrogen-bond acceptors (Lipinski definition) is 2. The molecule has 1 amide bonds. The summed E-state index contributed by atoms with van der Waals surface area (Å²) < 4.78 is 13.6. The Labute approximate surface area is 120 Å². The lowest BCUT2D eigenvalue weighted by molar-refractivity contribution is -0.111. The maximum absolute atomic E-state index is 13.6. The number of carboxylic acids is 1. The van der Waals surface area contributed by atoms with Crippen LogP contribution in [0.4, 0.5) is 10.1 Å². The van der Waals surface area contributed by atoms with Crippen molar-refractivity contribution in [1.82, 2.24) is 0 Å². The topological polar surface area (TPSA) is 66.4 Å². The van der Waals surface area contributed by atoms with Gasteiger partial charge in [-0.15, -0.1) is 0 Å². The molecule has 21 heavy (non-hydrogen) atoms. The zero-order valence-electron chi connectivity index (χ0n) is 10.9. The standard InChI is InChI=1S/C16H12FNO3/c17-13-8-4-7-12(16(20)21)15(13)18-14(19)10-9-11-5-2-1-3-6-11/h1-10H,(H,18,19)(H,20,21)/b10-9+. The second-order valence-corrected chi connectivity index (χ2v) is 4.20. The lowest BCUT2D eigenvalue weighted by atomic mass is 10.1. The van der Waals surface area contributed by atoms with Crippen LogP contribution < -0.4 is 5.32 Å². The van der Waals surface area contributed by atoms with Crippen molar-refractivity contribution in [3.8, 4) is 0 Å². The van der Waals surface area contributed by atoms with Crippen LogP contribution in [0.5, 0.6) is 0 Å². The predicted molar refractivity (Wildman–Crippen MR) is 77.5 cm³/mol. The van der Waals surface area contributed by atoms with Gasteiger partial charge in [-0.1, -0.05) is 36.4 Å². The van der Waals surface area contributed by atoms with Gasteiger partial charge >= 0.3 is 5.97 Å². The van der Waals surface area contributed by atoms with Crippen molar-refractivity contribution in [3.05, 3.63) is 71.6 Å². The van der Waals surface area contributed by atoms with Crippen LogP contribution in [-0.4, -0.2) is 17.0 Å². The first-order valence-corrected chi connectivity index (χ1v) is 6.14. The largest absolute Gasteiger partial charge is 0.478 e. The summed E-state index contributed by atoms with van der Waals surface area (Å²) >= 11 is 0. The van der Waals surface area contributed by atoms with Crippen LogP contribution in [0, 0.1) is 5.82 Å². The molecule has 0 aromatic heterocycles. The molecule has 0 atom stereocenters. The Morgan fingerprint density at radius 3 is 2.43 bits per heavy atom. The van der Waals surface area contributed by atoms with Crippen LogP contribution in [-0.2, 0) is 4.79 Å². The minimum Gasteiger partial charge on any atom is -0.478 e. The zero-order valence-corrected chi connectivity index (χ0v) is 10.9. The number of benzene rings is 2. The first-order chi connectivity index (χ1) is 10.1. The second kappa shape index (κ2) is 6.47. The highest BCUT2D eigenvalue weighted by Gasteiger charge is 2.15. The number of anilines is 1.